The lowest BCUT2D eigenvalue weighted by molar-refractivity contribution is -0.384. The van der Waals surface area contributed by atoms with Gasteiger partial charge in [0, 0.05) is 18.3 Å². The fourth-order valence-electron chi connectivity index (χ4n) is 1.60. The first-order valence-electron chi connectivity index (χ1n) is 5.68. The number of nitro groups is 1. The Balaban J connectivity index is 2.25. The van der Waals surface area contributed by atoms with E-state index in [0.717, 1.165) is 0 Å². The van der Waals surface area contributed by atoms with Gasteiger partial charge in [0.25, 0.3) is 5.69 Å². The molecule has 0 aliphatic rings. The standard InChI is InChI=1S/C14H10N2O4/c17-14(18)11-6-7-15-12(9-11)5-4-10-2-1-3-13(8-10)16(19)20/h1-9H,(H,17,18). The second-order valence-electron chi connectivity index (χ2n) is 3.96. The van der Waals surface area contributed by atoms with E-state index in [2.05, 4.69) is 4.98 Å². The van der Waals surface area contributed by atoms with Crippen molar-refractivity contribution in [1.29, 1.82) is 0 Å². The van der Waals surface area contributed by atoms with Crippen molar-refractivity contribution in [2.75, 3.05) is 0 Å². The lowest BCUT2D eigenvalue weighted by Gasteiger charge is -1.97. The van der Waals surface area contributed by atoms with Crippen LogP contribution in [0.2, 0.25) is 0 Å². The van der Waals surface area contributed by atoms with Gasteiger partial charge in [0.2, 0.25) is 0 Å². The van der Waals surface area contributed by atoms with Crippen molar-refractivity contribution >= 4 is 23.8 Å². The number of carbonyl (C=O) groups is 1. The summed E-state index contributed by atoms with van der Waals surface area (Å²) in [6.07, 6.45) is 4.64. The highest BCUT2D eigenvalue weighted by molar-refractivity contribution is 5.88. The van der Waals surface area contributed by atoms with Gasteiger partial charge >= 0.3 is 5.97 Å². The first-order valence-corrected chi connectivity index (χ1v) is 5.68. The van der Waals surface area contributed by atoms with Crippen LogP contribution in [0.4, 0.5) is 5.69 Å². The van der Waals surface area contributed by atoms with Crippen LogP contribution in [0.3, 0.4) is 0 Å². The number of nitro benzene ring substituents is 1. The van der Waals surface area contributed by atoms with Crippen LogP contribution >= 0.6 is 0 Å². The Morgan fingerprint density at radius 3 is 2.75 bits per heavy atom. The summed E-state index contributed by atoms with van der Waals surface area (Å²) in [6, 6.07) is 8.95. The summed E-state index contributed by atoms with van der Waals surface area (Å²) in [5.74, 6) is -1.03. The Morgan fingerprint density at radius 1 is 1.25 bits per heavy atom. The topological polar surface area (TPSA) is 93.3 Å². The summed E-state index contributed by atoms with van der Waals surface area (Å²) < 4.78 is 0. The summed E-state index contributed by atoms with van der Waals surface area (Å²) >= 11 is 0. The number of hydrogen-bond donors (Lipinski definition) is 1. The van der Waals surface area contributed by atoms with Crippen LogP contribution in [0.15, 0.2) is 42.6 Å². The van der Waals surface area contributed by atoms with Crippen molar-refractivity contribution in [3.05, 3.63) is 69.5 Å². The van der Waals surface area contributed by atoms with Crippen molar-refractivity contribution in [3.8, 4) is 0 Å². The van der Waals surface area contributed by atoms with E-state index >= 15 is 0 Å². The molecule has 0 amide bonds. The highest BCUT2D eigenvalue weighted by Gasteiger charge is 2.04. The van der Waals surface area contributed by atoms with E-state index in [0.29, 0.717) is 11.3 Å². The van der Waals surface area contributed by atoms with Crippen LogP contribution in [0, 0.1) is 10.1 Å². The number of non-ortho nitro benzene ring substituents is 1. The Hall–Kier alpha value is -3.02. The number of aromatic carboxylic acids is 1. The third kappa shape index (κ3) is 3.26. The monoisotopic (exact) mass is 270 g/mol. The number of nitrogens with zero attached hydrogens (tertiary/aromatic N) is 2. The molecule has 0 saturated heterocycles. The number of benzene rings is 1. The van der Waals surface area contributed by atoms with Gasteiger partial charge in [-0.15, -0.1) is 0 Å². The van der Waals surface area contributed by atoms with Gasteiger partial charge in [0.15, 0.2) is 0 Å². The molecule has 0 saturated carbocycles. The molecule has 0 spiro atoms. The average Bonchev–Trinajstić information content (AvgIpc) is 2.45. The Kier molecular flexibility index (Phi) is 3.85. The molecule has 1 aromatic carbocycles. The van der Waals surface area contributed by atoms with E-state index in [4.69, 9.17) is 5.11 Å². The fraction of sp³-hybridized carbons (Fsp3) is 0. The zero-order valence-electron chi connectivity index (χ0n) is 10.3. The minimum absolute atomic E-state index is 0.000559. The molecule has 1 aromatic heterocycles. The Morgan fingerprint density at radius 2 is 2.05 bits per heavy atom. The van der Waals surface area contributed by atoms with Gasteiger partial charge in [-0.2, -0.15) is 0 Å². The van der Waals surface area contributed by atoms with Crippen molar-refractivity contribution in [1.82, 2.24) is 4.98 Å². The smallest absolute Gasteiger partial charge is 0.335 e. The first-order chi connectivity index (χ1) is 9.56. The molecule has 0 atom stereocenters. The second-order valence-corrected chi connectivity index (χ2v) is 3.96. The lowest BCUT2D eigenvalue weighted by Crippen LogP contribution is -1.96. The fourth-order valence-corrected chi connectivity index (χ4v) is 1.60. The molecule has 0 radical (unpaired) electrons. The third-order valence-corrected chi connectivity index (χ3v) is 2.56. The van der Waals surface area contributed by atoms with E-state index in [1.54, 1.807) is 24.3 Å². The summed E-state index contributed by atoms with van der Waals surface area (Å²) in [4.78, 5) is 25.0. The van der Waals surface area contributed by atoms with E-state index < -0.39 is 10.9 Å². The molecule has 0 unspecified atom stereocenters. The minimum atomic E-state index is -1.03. The third-order valence-electron chi connectivity index (χ3n) is 2.56. The van der Waals surface area contributed by atoms with Gasteiger partial charge < -0.3 is 5.11 Å². The molecule has 0 bridgehead atoms. The molecule has 6 nitrogen and oxygen atoms in total. The highest BCUT2D eigenvalue weighted by Crippen LogP contribution is 2.15. The van der Waals surface area contributed by atoms with E-state index in [1.165, 1.54) is 30.5 Å². The van der Waals surface area contributed by atoms with Crippen LogP contribution in [0.5, 0.6) is 0 Å². The number of hydrogen-bond acceptors (Lipinski definition) is 4. The molecule has 6 heteroatoms. The molecule has 2 aromatic rings. The molecular weight excluding hydrogens is 260 g/mol. The molecular formula is C14H10N2O4. The zero-order valence-corrected chi connectivity index (χ0v) is 10.3. The number of pyridine rings is 1. The molecule has 0 aliphatic carbocycles. The van der Waals surface area contributed by atoms with E-state index in [-0.39, 0.29) is 11.3 Å². The van der Waals surface area contributed by atoms with Crippen LogP contribution in [0.1, 0.15) is 21.6 Å². The van der Waals surface area contributed by atoms with Gasteiger partial charge in [0.1, 0.15) is 0 Å². The Bertz CT molecular complexity index is 636. The molecule has 1 heterocycles. The lowest BCUT2D eigenvalue weighted by atomic mass is 10.1. The SMILES string of the molecule is O=C(O)c1ccnc(C=Cc2cccc([N+](=O)[O-])c2)c1. The van der Waals surface area contributed by atoms with Gasteiger partial charge in [-0.3, -0.25) is 15.1 Å². The van der Waals surface area contributed by atoms with Gasteiger partial charge in [-0.1, -0.05) is 18.2 Å². The zero-order chi connectivity index (χ0) is 14.5. The normalized spacial score (nSPS) is 10.6. The van der Waals surface area contributed by atoms with E-state index in [1.807, 2.05) is 0 Å². The summed E-state index contributed by atoms with van der Waals surface area (Å²) in [7, 11) is 0. The van der Waals surface area contributed by atoms with Crippen molar-refractivity contribution < 1.29 is 14.8 Å². The summed E-state index contributed by atoms with van der Waals surface area (Å²) in [5, 5.41) is 19.5. The van der Waals surface area contributed by atoms with Crippen LogP contribution < -0.4 is 0 Å². The quantitative estimate of drug-likeness (QED) is 0.681. The predicted octanol–water partition coefficient (Wildman–Crippen LogP) is 2.86. The predicted molar refractivity (Wildman–Crippen MR) is 73.2 cm³/mol. The maximum absolute atomic E-state index is 10.8. The largest absolute Gasteiger partial charge is 0.478 e. The maximum atomic E-state index is 10.8. The average molecular weight is 270 g/mol. The van der Waals surface area contributed by atoms with Gasteiger partial charge in [-0.25, -0.2) is 4.79 Å². The molecule has 0 aliphatic heterocycles. The molecule has 100 valence electrons. The molecule has 1 N–H and O–H groups in total. The number of carboxylic acids is 1. The van der Waals surface area contributed by atoms with Crippen LogP contribution in [-0.4, -0.2) is 21.0 Å². The highest BCUT2D eigenvalue weighted by atomic mass is 16.6. The summed E-state index contributed by atoms with van der Waals surface area (Å²) in [5.41, 5.74) is 1.25. The number of rotatable bonds is 4. The van der Waals surface area contributed by atoms with Crippen molar-refractivity contribution in [2.45, 2.75) is 0 Å². The van der Waals surface area contributed by atoms with Crippen molar-refractivity contribution in [2.24, 2.45) is 0 Å². The Labute approximate surface area is 114 Å². The van der Waals surface area contributed by atoms with Gasteiger partial charge in [0.05, 0.1) is 16.2 Å². The maximum Gasteiger partial charge on any atom is 0.335 e. The molecule has 0 fully saturated rings. The number of aromatic nitrogens is 1. The number of carboxylic acid groups (broad SMARTS) is 1. The minimum Gasteiger partial charge on any atom is -0.478 e. The van der Waals surface area contributed by atoms with Crippen molar-refractivity contribution in [3.63, 3.8) is 0 Å². The molecule has 20 heavy (non-hydrogen) atoms. The summed E-state index contributed by atoms with van der Waals surface area (Å²) in [6.45, 7) is 0. The van der Waals surface area contributed by atoms with Crippen LogP contribution in [-0.2, 0) is 0 Å². The first kappa shape index (κ1) is 13.4. The van der Waals surface area contributed by atoms with Crippen LogP contribution in [0.25, 0.3) is 12.2 Å². The van der Waals surface area contributed by atoms with E-state index in [9.17, 15) is 14.9 Å². The molecule has 2 rings (SSSR count). The van der Waals surface area contributed by atoms with Gasteiger partial charge in [-0.05, 0) is 23.8 Å². The second kappa shape index (κ2) is 5.75.